The molecule has 2 unspecified atom stereocenters. The van der Waals surface area contributed by atoms with Gasteiger partial charge in [0.15, 0.2) is 0 Å². The summed E-state index contributed by atoms with van der Waals surface area (Å²) in [5, 5.41) is 0. The first kappa shape index (κ1) is 34.2. The van der Waals surface area contributed by atoms with Crippen LogP contribution in [0.3, 0.4) is 0 Å². The van der Waals surface area contributed by atoms with Gasteiger partial charge in [-0.2, -0.15) is 0 Å². The van der Waals surface area contributed by atoms with Crippen molar-refractivity contribution in [3.05, 3.63) is 0 Å². The molecule has 0 spiro atoms. The molecule has 0 rings (SSSR count). The van der Waals surface area contributed by atoms with Crippen LogP contribution < -0.4 is 0 Å². The van der Waals surface area contributed by atoms with Crippen LogP contribution in [0, 0.1) is 0 Å². The van der Waals surface area contributed by atoms with E-state index in [9.17, 15) is 4.21 Å². The van der Waals surface area contributed by atoms with Gasteiger partial charge < -0.3 is 0 Å². The second-order valence-electron chi connectivity index (χ2n) is 8.02. The van der Waals surface area contributed by atoms with Crippen LogP contribution in [0.15, 0.2) is 0 Å². The molecule has 0 bridgehead atoms. The van der Waals surface area contributed by atoms with E-state index < -0.39 is 10.8 Å². The molecule has 0 aliphatic heterocycles. The molecule has 0 N–H and O–H groups in total. The molecule has 2 atom stereocenters. The van der Waals surface area contributed by atoms with Gasteiger partial charge >= 0.3 is 0 Å². The molecule has 0 aromatic rings. The Hall–Kier alpha value is 2.25. The summed E-state index contributed by atoms with van der Waals surface area (Å²) in [5.41, 5.74) is 0. The van der Waals surface area contributed by atoms with E-state index >= 15 is 0 Å². The minimum Gasteiger partial charge on any atom is -0.259 e. The summed E-state index contributed by atoms with van der Waals surface area (Å²) < 4.78 is 13.7. The van der Waals surface area contributed by atoms with E-state index in [2.05, 4.69) is 87.3 Å². The number of hydrogen-bond acceptors (Lipinski definition) is 7. The summed E-state index contributed by atoms with van der Waals surface area (Å²) >= 11 is 12.1. The fourth-order valence-electron chi connectivity index (χ4n) is 3.08. The van der Waals surface area contributed by atoms with E-state index in [0.29, 0.717) is 0 Å². The smallest absolute Gasteiger partial charge is 0.118 e. The van der Waals surface area contributed by atoms with Crippen molar-refractivity contribution in [3.8, 4) is 0 Å². The highest BCUT2D eigenvalue weighted by Gasteiger charge is 2.37. The van der Waals surface area contributed by atoms with Crippen molar-refractivity contribution in [1.82, 2.24) is 0 Å². The standard InChI is InChI=1S/C24H50OS7/c1-7-11-13-15-19-30-23(26-5,28-17-9-3)21-32(25)22-24(27-6,29-18-10-4)31-20-16-14-12-8-2/h7-22H2,1-6H3. The zero-order chi connectivity index (χ0) is 24.1. The molecule has 0 radical (unpaired) electrons. The van der Waals surface area contributed by atoms with Crippen molar-refractivity contribution in [1.29, 1.82) is 0 Å². The van der Waals surface area contributed by atoms with Crippen LogP contribution in [0.4, 0.5) is 0 Å². The Kier molecular flexibility index (Phi) is 24.0. The van der Waals surface area contributed by atoms with Gasteiger partial charge in [-0.25, -0.2) is 0 Å². The van der Waals surface area contributed by atoms with Crippen LogP contribution in [-0.4, -0.2) is 58.1 Å². The Morgan fingerprint density at radius 3 is 1.22 bits per heavy atom. The monoisotopic (exact) mass is 578 g/mol. The molecule has 0 aliphatic rings. The topological polar surface area (TPSA) is 17.1 Å². The Balaban J connectivity index is 5.13. The van der Waals surface area contributed by atoms with E-state index in [1.165, 1.54) is 75.7 Å². The highest BCUT2D eigenvalue weighted by atomic mass is 32.3. The molecule has 0 aliphatic carbocycles. The number of hydrogen-bond donors (Lipinski definition) is 0. The molecule has 0 aromatic carbocycles. The van der Waals surface area contributed by atoms with Gasteiger partial charge in [0.2, 0.25) is 0 Å². The summed E-state index contributed by atoms with van der Waals surface area (Å²) in [7, 11) is -0.808. The zero-order valence-electron chi connectivity index (χ0n) is 21.6. The molecular weight excluding hydrogens is 529 g/mol. The maximum absolute atomic E-state index is 13.6. The van der Waals surface area contributed by atoms with Gasteiger partial charge in [-0.15, -0.1) is 70.6 Å². The molecule has 194 valence electrons. The lowest BCUT2D eigenvalue weighted by molar-refractivity contribution is 0.683. The molecule has 0 fully saturated rings. The molecule has 0 saturated heterocycles. The van der Waals surface area contributed by atoms with Crippen LogP contribution in [0.25, 0.3) is 0 Å². The highest BCUT2D eigenvalue weighted by molar-refractivity contribution is 8.35. The van der Waals surface area contributed by atoms with Gasteiger partial charge in [0.1, 0.15) is 6.82 Å². The van der Waals surface area contributed by atoms with Crippen molar-refractivity contribution < 1.29 is 4.21 Å². The first-order valence-electron chi connectivity index (χ1n) is 12.5. The molecule has 0 aromatic heterocycles. The van der Waals surface area contributed by atoms with Gasteiger partial charge in [0.05, 0.1) is 11.5 Å². The average Bonchev–Trinajstić information content (AvgIpc) is 2.80. The van der Waals surface area contributed by atoms with Gasteiger partial charge in [0, 0.05) is 10.8 Å². The minimum atomic E-state index is -0.808. The Labute approximate surface area is 229 Å². The van der Waals surface area contributed by atoms with Crippen molar-refractivity contribution >= 4 is 81.4 Å². The number of unbranched alkanes of at least 4 members (excludes halogenated alkanes) is 6. The third-order valence-electron chi connectivity index (χ3n) is 4.99. The van der Waals surface area contributed by atoms with E-state index in [1.807, 2.05) is 23.5 Å². The number of rotatable bonds is 24. The van der Waals surface area contributed by atoms with Gasteiger partial charge in [-0.05, 0) is 61.2 Å². The van der Waals surface area contributed by atoms with Gasteiger partial charge in [-0.1, -0.05) is 66.2 Å². The van der Waals surface area contributed by atoms with Crippen LogP contribution in [0.1, 0.15) is 91.9 Å². The Morgan fingerprint density at radius 2 is 0.906 bits per heavy atom. The second-order valence-corrected chi connectivity index (χ2v) is 18.8. The second kappa shape index (κ2) is 22.4. The lowest BCUT2D eigenvalue weighted by atomic mass is 10.2. The molecule has 0 amide bonds. The van der Waals surface area contributed by atoms with Crippen LogP contribution in [0.5, 0.6) is 0 Å². The summed E-state index contributed by atoms with van der Waals surface area (Å²) in [5.74, 6) is 6.32. The predicted octanol–water partition coefficient (Wildman–Crippen LogP) is 9.68. The van der Waals surface area contributed by atoms with Gasteiger partial charge in [0.25, 0.3) is 0 Å². The lowest BCUT2D eigenvalue weighted by Crippen LogP contribution is -2.32. The minimum absolute atomic E-state index is 0.0401. The van der Waals surface area contributed by atoms with E-state index in [-0.39, 0.29) is 6.82 Å². The van der Waals surface area contributed by atoms with Gasteiger partial charge in [-0.3, -0.25) is 4.21 Å². The average molecular weight is 579 g/mol. The van der Waals surface area contributed by atoms with Crippen molar-refractivity contribution in [2.75, 3.05) is 47.0 Å². The first-order valence-corrected chi connectivity index (χ1v) is 20.4. The summed E-state index contributed by atoms with van der Waals surface area (Å²) in [6.45, 7) is 9.07. The van der Waals surface area contributed by atoms with Crippen molar-refractivity contribution in [3.63, 3.8) is 0 Å². The molecule has 1 nitrogen and oxygen atoms in total. The van der Waals surface area contributed by atoms with Crippen LogP contribution in [0.2, 0.25) is 0 Å². The first-order chi connectivity index (χ1) is 15.5. The Bertz CT molecular complexity index is 414. The number of thioether (sulfide) groups is 6. The zero-order valence-corrected chi connectivity index (χ0v) is 27.3. The van der Waals surface area contributed by atoms with E-state index in [1.54, 1.807) is 0 Å². The summed E-state index contributed by atoms with van der Waals surface area (Å²) in [4.78, 5) is 0. The van der Waals surface area contributed by atoms with E-state index in [0.717, 1.165) is 23.0 Å². The summed E-state index contributed by atoms with van der Waals surface area (Å²) in [6.07, 6.45) is 17.3. The van der Waals surface area contributed by atoms with Crippen LogP contribution in [-0.2, 0) is 10.8 Å². The fraction of sp³-hybridized carbons (Fsp3) is 1.00. The quantitative estimate of drug-likeness (QED) is 0.0826. The largest absolute Gasteiger partial charge is 0.259 e. The van der Waals surface area contributed by atoms with Crippen LogP contribution >= 0.6 is 70.6 Å². The summed E-state index contributed by atoms with van der Waals surface area (Å²) in [6, 6.07) is 0. The molecule has 32 heavy (non-hydrogen) atoms. The maximum atomic E-state index is 13.6. The normalized spacial score (nSPS) is 16.6. The molecular formula is C24H50OS7. The van der Waals surface area contributed by atoms with E-state index in [4.69, 9.17) is 0 Å². The Morgan fingerprint density at radius 1 is 0.531 bits per heavy atom. The molecule has 8 heteroatoms. The SMILES string of the molecule is CCCCCCSC(CS(=O)CC(SC)(SCCC)SCCCCCC)(SC)SCCC. The molecule has 0 saturated carbocycles. The third kappa shape index (κ3) is 16.1. The lowest BCUT2D eigenvalue weighted by Gasteiger charge is -2.34. The van der Waals surface area contributed by atoms with Crippen molar-refractivity contribution in [2.45, 2.75) is 98.7 Å². The maximum Gasteiger partial charge on any atom is 0.118 e. The van der Waals surface area contributed by atoms with Crippen molar-refractivity contribution in [2.24, 2.45) is 0 Å². The fourth-order valence-corrected chi connectivity index (χ4v) is 15.5. The highest BCUT2D eigenvalue weighted by Crippen LogP contribution is 2.50. The third-order valence-corrected chi connectivity index (χ3v) is 18.5. The predicted molar refractivity (Wildman–Crippen MR) is 169 cm³/mol. The molecule has 0 heterocycles.